The fraction of sp³-hybridized carbons (Fsp3) is 0.412. The third-order valence-electron chi connectivity index (χ3n) is 3.40. The molecule has 0 atom stereocenters. The summed E-state index contributed by atoms with van der Waals surface area (Å²) in [7, 11) is 3.16. The molecule has 2 N–H and O–H groups in total. The Labute approximate surface area is 147 Å². The van der Waals surface area contributed by atoms with Crippen LogP contribution in [0.2, 0.25) is 5.02 Å². The lowest BCUT2D eigenvalue weighted by molar-refractivity contribution is 0.405. The van der Waals surface area contributed by atoms with E-state index in [1.54, 1.807) is 26.4 Å². The van der Waals surface area contributed by atoms with E-state index in [1.165, 1.54) is 0 Å². The SMILES string of the molecule is CCCCNc1nc(C)cc(Nc2cc(OC)c(Cl)cc2OC)n1. The zero-order valence-electron chi connectivity index (χ0n) is 14.4. The second kappa shape index (κ2) is 8.59. The predicted octanol–water partition coefficient (Wildman–Crippen LogP) is 4.41. The van der Waals surface area contributed by atoms with E-state index in [4.69, 9.17) is 21.1 Å². The van der Waals surface area contributed by atoms with Gasteiger partial charge in [0.15, 0.2) is 0 Å². The standard InChI is InChI=1S/C17H23ClN4O2/c1-5-6-7-19-17-20-11(2)8-16(22-17)21-13-10-14(23-3)12(18)9-15(13)24-4/h8-10H,5-7H2,1-4H3,(H2,19,20,21,22). The monoisotopic (exact) mass is 350 g/mol. The molecule has 7 heteroatoms. The molecule has 0 amide bonds. The Bertz CT molecular complexity index is 695. The summed E-state index contributed by atoms with van der Waals surface area (Å²) < 4.78 is 10.6. The number of ether oxygens (including phenoxy) is 2. The number of hydrogen-bond acceptors (Lipinski definition) is 6. The molecule has 130 valence electrons. The van der Waals surface area contributed by atoms with Crippen molar-refractivity contribution in [1.29, 1.82) is 0 Å². The van der Waals surface area contributed by atoms with Crippen molar-refractivity contribution in [2.24, 2.45) is 0 Å². The van der Waals surface area contributed by atoms with Crippen molar-refractivity contribution in [1.82, 2.24) is 9.97 Å². The molecule has 24 heavy (non-hydrogen) atoms. The van der Waals surface area contributed by atoms with E-state index in [-0.39, 0.29) is 0 Å². The summed E-state index contributed by atoms with van der Waals surface area (Å²) in [5.74, 6) is 2.44. The average molecular weight is 351 g/mol. The largest absolute Gasteiger partial charge is 0.495 e. The van der Waals surface area contributed by atoms with Crippen LogP contribution in [0.15, 0.2) is 18.2 Å². The number of aromatic nitrogens is 2. The van der Waals surface area contributed by atoms with Crippen molar-refractivity contribution >= 4 is 29.1 Å². The third-order valence-corrected chi connectivity index (χ3v) is 3.70. The second-order valence-electron chi connectivity index (χ2n) is 5.31. The molecule has 1 aromatic carbocycles. The van der Waals surface area contributed by atoms with Crippen molar-refractivity contribution in [3.63, 3.8) is 0 Å². The minimum atomic E-state index is 0.487. The van der Waals surface area contributed by atoms with Crippen molar-refractivity contribution in [3.05, 3.63) is 28.9 Å². The van der Waals surface area contributed by atoms with E-state index in [0.717, 1.165) is 30.8 Å². The number of methoxy groups -OCH3 is 2. The minimum Gasteiger partial charge on any atom is -0.495 e. The van der Waals surface area contributed by atoms with Gasteiger partial charge < -0.3 is 20.1 Å². The normalized spacial score (nSPS) is 10.4. The molecule has 0 aliphatic heterocycles. The lowest BCUT2D eigenvalue weighted by Crippen LogP contribution is -2.07. The van der Waals surface area contributed by atoms with Gasteiger partial charge in [-0.3, -0.25) is 0 Å². The molecule has 0 saturated carbocycles. The van der Waals surface area contributed by atoms with Crippen LogP contribution >= 0.6 is 11.6 Å². The van der Waals surface area contributed by atoms with Crippen LogP contribution in [0.4, 0.5) is 17.5 Å². The zero-order valence-corrected chi connectivity index (χ0v) is 15.2. The summed E-state index contributed by atoms with van der Waals surface area (Å²) >= 11 is 6.14. The van der Waals surface area contributed by atoms with E-state index in [1.807, 2.05) is 13.0 Å². The molecule has 0 aliphatic carbocycles. The molecular weight excluding hydrogens is 328 g/mol. The number of hydrogen-bond donors (Lipinski definition) is 2. The van der Waals surface area contributed by atoms with Crippen LogP contribution in [0.3, 0.4) is 0 Å². The molecule has 0 unspecified atom stereocenters. The predicted molar refractivity (Wildman–Crippen MR) is 98.0 cm³/mol. The molecular formula is C17H23ClN4O2. The molecule has 0 spiro atoms. The smallest absolute Gasteiger partial charge is 0.224 e. The topological polar surface area (TPSA) is 68.3 Å². The lowest BCUT2D eigenvalue weighted by Gasteiger charge is -2.14. The van der Waals surface area contributed by atoms with Gasteiger partial charge in [0, 0.05) is 30.4 Å². The van der Waals surface area contributed by atoms with Crippen LogP contribution in [-0.2, 0) is 0 Å². The van der Waals surface area contributed by atoms with Crippen LogP contribution in [0.25, 0.3) is 0 Å². The molecule has 1 heterocycles. The molecule has 2 aromatic rings. The van der Waals surface area contributed by atoms with Crippen molar-refractivity contribution in [3.8, 4) is 11.5 Å². The number of anilines is 3. The summed E-state index contributed by atoms with van der Waals surface area (Å²) in [6, 6.07) is 5.35. The van der Waals surface area contributed by atoms with Crippen LogP contribution in [0.5, 0.6) is 11.5 Å². The lowest BCUT2D eigenvalue weighted by atomic mass is 10.2. The Kier molecular flexibility index (Phi) is 6.49. The van der Waals surface area contributed by atoms with Gasteiger partial charge in [-0.1, -0.05) is 24.9 Å². The fourth-order valence-corrected chi connectivity index (χ4v) is 2.42. The summed E-state index contributed by atoms with van der Waals surface area (Å²) in [4.78, 5) is 8.89. The molecule has 0 radical (unpaired) electrons. The summed E-state index contributed by atoms with van der Waals surface area (Å²) in [6.45, 7) is 4.92. The van der Waals surface area contributed by atoms with Gasteiger partial charge in [0.05, 0.1) is 24.9 Å². The van der Waals surface area contributed by atoms with Gasteiger partial charge in [-0.2, -0.15) is 4.98 Å². The first kappa shape index (κ1) is 18.1. The van der Waals surface area contributed by atoms with Gasteiger partial charge in [-0.05, 0) is 13.3 Å². The third kappa shape index (κ3) is 4.64. The first-order chi connectivity index (χ1) is 11.6. The summed E-state index contributed by atoms with van der Waals surface area (Å²) in [6.07, 6.45) is 2.19. The number of unbranched alkanes of at least 4 members (excludes halogenated alkanes) is 1. The Morgan fingerprint density at radius 3 is 2.50 bits per heavy atom. The highest BCUT2D eigenvalue weighted by atomic mass is 35.5. The first-order valence-corrected chi connectivity index (χ1v) is 8.23. The number of nitrogens with one attached hydrogen (secondary N) is 2. The van der Waals surface area contributed by atoms with Gasteiger partial charge >= 0.3 is 0 Å². The van der Waals surface area contributed by atoms with Crippen LogP contribution in [0.1, 0.15) is 25.5 Å². The Balaban J connectivity index is 2.27. The van der Waals surface area contributed by atoms with E-state index >= 15 is 0 Å². The number of aryl methyl sites for hydroxylation is 1. The van der Waals surface area contributed by atoms with Crippen molar-refractivity contribution in [2.75, 3.05) is 31.4 Å². The van der Waals surface area contributed by atoms with Gasteiger partial charge in [0.1, 0.15) is 17.3 Å². The number of rotatable bonds is 8. The maximum atomic E-state index is 6.14. The van der Waals surface area contributed by atoms with Crippen LogP contribution in [0, 0.1) is 6.92 Å². The van der Waals surface area contributed by atoms with Crippen LogP contribution in [-0.4, -0.2) is 30.7 Å². The zero-order chi connectivity index (χ0) is 17.5. The highest BCUT2D eigenvalue weighted by molar-refractivity contribution is 6.32. The Morgan fingerprint density at radius 2 is 1.83 bits per heavy atom. The number of benzene rings is 1. The van der Waals surface area contributed by atoms with E-state index in [2.05, 4.69) is 27.5 Å². The average Bonchev–Trinajstić information content (AvgIpc) is 2.56. The fourth-order valence-electron chi connectivity index (χ4n) is 2.18. The number of halogens is 1. The Morgan fingerprint density at radius 1 is 1.08 bits per heavy atom. The van der Waals surface area contributed by atoms with Gasteiger partial charge in [-0.25, -0.2) is 4.98 Å². The molecule has 0 saturated heterocycles. The number of nitrogens with zero attached hydrogens (tertiary/aromatic N) is 2. The second-order valence-corrected chi connectivity index (χ2v) is 5.72. The van der Waals surface area contributed by atoms with Gasteiger partial charge in [-0.15, -0.1) is 0 Å². The molecule has 6 nitrogen and oxygen atoms in total. The van der Waals surface area contributed by atoms with Crippen molar-refractivity contribution < 1.29 is 9.47 Å². The molecule has 2 rings (SSSR count). The van der Waals surface area contributed by atoms with E-state index in [9.17, 15) is 0 Å². The van der Waals surface area contributed by atoms with E-state index in [0.29, 0.717) is 28.3 Å². The van der Waals surface area contributed by atoms with E-state index < -0.39 is 0 Å². The minimum absolute atomic E-state index is 0.487. The molecule has 1 aromatic heterocycles. The first-order valence-electron chi connectivity index (χ1n) is 7.85. The summed E-state index contributed by atoms with van der Waals surface area (Å²) in [5, 5.41) is 6.96. The van der Waals surface area contributed by atoms with Gasteiger partial charge in [0.25, 0.3) is 0 Å². The maximum absolute atomic E-state index is 6.14. The summed E-state index contributed by atoms with van der Waals surface area (Å²) in [5.41, 5.74) is 1.59. The highest BCUT2D eigenvalue weighted by Gasteiger charge is 2.11. The quantitative estimate of drug-likeness (QED) is 0.687. The molecule has 0 aliphatic rings. The molecule has 0 fully saturated rings. The van der Waals surface area contributed by atoms with Crippen molar-refractivity contribution in [2.45, 2.75) is 26.7 Å². The van der Waals surface area contributed by atoms with Gasteiger partial charge in [0.2, 0.25) is 5.95 Å². The molecule has 0 bridgehead atoms. The maximum Gasteiger partial charge on any atom is 0.224 e. The highest BCUT2D eigenvalue weighted by Crippen LogP contribution is 2.37. The van der Waals surface area contributed by atoms with Crippen LogP contribution < -0.4 is 20.1 Å². The Hall–Kier alpha value is -2.21.